The molecule has 1 aliphatic heterocycles. The third kappa shape index (κ3) is 2.82. The molecule has 16 heavy (non-hydrogen) atoms. The van der Waals surface area contributed by atoms with Crippen LogP contribution in [0.15, 0.2) is 0 Å². The first kappa shape index (κ1) is 13.2. The number of ether oxygens (including phenoxy) is 2. The highest BCUT2D eigenvalue weighted by Crippen LogP contribution is 2.29. The maximum Gasteiger partial charge on any atom is 0.320 e. The second kappa shape index (κ2) is 5.43. The van der Waals surface area contributed by atoms with Crippen molar-refractivity contribution < 1.29 is 19.1 Å². The minimum absolute atomic E-state index is 0.212. The third-order valence-corrected chi connectivity index (χ3v) is 2.83. The zero-order valence-electron chi connectivity index (χ0n) is 10.4. The molecule has 3 unspecified atom stereocenters. The maximum atomic E-state index is 11.5. The van der Waals surface area contributed by atoms with E-state index in [0.717, 1.165) is 0 Å². The van der Waals surface area contributed by atoms with Crippen LogP contribution in [0.5, 0.6) is 0 Å². The zero-order valence-corrected chi connectivity index (χ0v) is 10.4. The van der Waals surface area contributed by atoms with Gasteiger partial charge in [0.1, 0.15) is 0 Å². The summed E-state index contributed by atoms with van der Waals surface area (Å²) >= 11 is 0. The lowest BCUT2D eigenvalue weighted by Crippen LogP contribution is -2.32. The van der Waals surface area contributed by atoms with Gasteiger partial charge in [-0.25, -0.2) is 0 Å². The monoisotopic (exact) mass is 228 g/mol. The number of carbonyl (C=O) groups excluding carboxylic acids is 2. The molecule has 1 saturated heterocycles. The molecule has 1 fully saturated rings. The van der Waals surface area contributed by atoms with Crippen molar-refractivity contribution in [3.8, 4) is 0 Å². The molecule has 4 nitrogen and oxygen atoms in total. The lowest BCUT2D eigenvalue weighted by Gasteiger charge is -2.22. The van der Waals surface area contributed by atoms with Crippen LogP contribution in [0.4, 0.5) is 0 Å². The van der Waals surface area contributed by atoms with Gasteiger partial charge in [0, 0.05) is 6.61 Å². The first-order valence-corrected chi connectivity index (χ1v) is 5.84. The second-order valence-corrected chi connectivity index (χ2v) is 4.73. The van der Waals surface area contributed by atoms with Crippen LogP contribution in [0, 0.1) is 17.8 Å². The molecule has 0 N–H and O–H groups in total. The lowest BCUT2D eigenvalue weighted by atomic mass is 9.90. The van der Waals surface area contributed by atoms with Crippen molar-refractivity contribution in [2.45, 2.75) is 40.2 Å². The minimum atomic E-state index is -0.437. The lowest BCUT2D eigenvalue weighted by molar-refractivity contribution is -0.155. The summed E-state index contributed by atoms with van der Waals surface area (Å²) in [5, 5.41) is 0. The topological polar surface area (TPSA) is 52.6 Å². The van der Waals surface area contributed by atoms with Gasteiger partial charge in [-0.05, 0) is 12.3 Å². The summed E-state index contributed by atoms with van der Waals surface area (Å²) in [6.07, 6.45) is 0.501. The fourth-order valence-corrected chi connectivity index (χ4v) is 1.88. The predicted molar refractivity (Wildman–Crippen MR) is 58.6 cm³/mol. The van der Waals surface area contributed by atoms with Crippen molar-refractivity contribution in [3.63, 3.8) is 0 Å². The molecule has 92 valence electrons. The summed E-state index contributed by atoms with van der Waals surface area (Å²) in [7, 11) is 0. The van der Waals surface area contributed by atoms with E-state index in [1.807, 2.05) is 20.8 Å². The SMILES string of the molecule is CCC(OCC(C)C)C1C(=O)OC(=O)C1C. The summed E-state index contributed by atoms with van der Waals surface area (Å²) in [6.45, 7) is 8.37. The molecule has 0 amide bonds. The molecule has 1 heterocycles. The highest BCUT2D eigenvalue weighted by molar-refractivity contribution is 5.96. The van der Waals surface area contributed by atoms with Gasteiger partial charge in [0.2, 0.25) is 0 Å². The van der Waals surface area contributed by atoms with E-state index >= 15 is 0 Å². The van der Waals surface area contributed by atoms with Gasteiger partial charge >= 0.3 is 11.9 Å². The molecule has 0 aromatic carbocycles. The van der Waals surface area contributed by atoms with E-state index in [1.165, 1.54) is 0 Å². The Labute approximate surface area is 96.3 Å². The first-order chi connectivity index (χ1) is 7.47. The molecule has 0 aromatic rings. The second-order valence-electron chi connectivity index (χ2n) is 4.73. The highest BCUT2D eigenvalue weighted by atomic mass is 16.6. The quantitative estimate of drug-likeness (QED) is 0.531. The number of rotatable bonds is 5. The minimum Gasteiger partial charge on any atom is -0.393 e. The van der Waals surface area contributed by atoms with Crippen LogP contribution in [0.1, 0.15) is 34.1 Å². The Balaban J connectivity index is 2.65. The van der Waals surface area contributed by atoms with E-state index in [0.29, 0.717) is 18.9 Å². The van der Waals surface area contributed by atoms with Crippen molar-refractivity contribution in [2.75, 3.05) is 6.61 Å². The van der Waals surface area contributed by atoms with E-state index in [2.05, 4.69) is 4.74 Å². The molecule has 1 rings (SSSR count). The average molecular weight is 228 g/mol. The molecule has 0 saturated carbocycles. The number of cyclic esters (lactones) is 2. The molecule has 0 aromatic heterocycles. The Hall–Kier alpha value is -0.900. The van der Waals surface area contributed by atoms with Gasteiger partial charge in [-0.1, -0.05) is 27.7 Å². The van der Waals surface area contributed by atoms with Crippen molar-refractivity contribution in [3.05, 3.63) is 0 Å². The molecule has 0 bridgehead atoms. The molecule has 0 aliphatic carbocycles. The zero-order chi connectivity index (χ0) is 12.3. The molecule has 0 radical (unpaired) electrons. The van der Waals surface area contributed by atoms with Gasteiger partial charge in [-0.3, -0.25) is 9.59 Å². The van der Waals surface area contributed by atoms with Gasteiger partial charge in [0.05, 0.1) is 17.9 Å². The summed E-state index contributed by atoms with van der Waals surface area (Å²) in [5.41, 5.74) is 0. The highest BCUT2D eigenvalue weighted by Gasteiger charge is 2.45. The Kier molecular flexibility index (Phi) is 4.47. The number of esters is 2. The van der Waals surface area contributed by atoms with Crippen LogP contribution >= 0.6 is 0 Å². The Morgan fingerprint density at radius 1 is 1.31 bits per heavy atom. The van der Waals surface area contributed by atoms with Gasteiger partial charge < -0.3 is 9.47 Å². The van der Waals surface area contributed by atoms with Crippen molar-refractivity contribution in [1.29, 1.82) is 0 Å². The smallest absolute Gasteiger partial charge is 0.320 e. The van der Waals surface area contributed by atoms with Gasteiger partial charge in [-0.15, -0.1) is 0 Å². The summed E-state index contributed by atoms with van der Waals surface area (Å²) < 4.78 is 10.3. The molecular formula is C12H20O4. The van der Waals surface area contributed by atoms with E-state index in [4.69, 9.17) is 4.74 Å². The fourth-order valence-electron chi connectivity index (χ4n) is 1.88. The van der Waals surface area contributed by atoms with Crippen molar-refractivity contribution in [2.24, 2.45) is 17.8 Å². The Morgan fingerprint density at radius 2 is 1.94 bits per heavy atom. The van der Waals surface area contributed by atoms with E-state index in [-0.39, 0.29) is 12.0 Å². The van der Waals surface area contributed by atoms with Crippen molar-refractivity contribution >= 4 is 11.9 Å². The van der Waals surface area contributed by atoms with Crippen molar-refractivity contribution in [1.82, 2.24) is 0 Å². The molecular weight excluding hydrogens is 208 g/mol. The third-order valence-electron chi connectivity index (χ3n) is 2.83. The van der Waals surface area contributed by atoms with E-state index in [9.17, 15) is 9.59 Å². The predicted octanol–water partition coefficient (Wildman–Crippen LogP) is 1.77. The van der Waals surface area contributed by atoms with Gasteiger partial charge in [0.15, 0.2) is 0 Å². The molecule has 3 atom stereocenters. The average Bonchev–Trinajstić information content (AvgIpc) is 2.45. The first-order valence-electron chi connectivity index (χ1n) is 5.84. The number of hydrogen-bond acceptors (Lipinski definition) is 4. The molecule has 1 aliphatic rings. The fraction of sp³-hybridized carbons (Fsp3) is 0.833. The largest absolute Gasteiger partial charge is 0.393 e. The number of hydrogen-bond donors (Lipinski definition) is 0. The standard InChI is InChI=1S/C12H20O4/c1-5-9(15-6-7(2)3)10-8(4)11(13)16-12(10)14/h7-10H,5-6H2,1-4H3. The number of carbonyl (C=O) groups is 2. The van der Waals surface area contributed by atoms with Crippen LogP contribution in [-0.4, -0.2) is 24.6 Å². The summed E-state index contributed by atoms with van der Waals surface area (Å²) in [6, 6.07) is 0. The van der Waals surface area contributed by atoms with Crippen LogP contribution < -0.4 is 0 Å². The van der Waals surface area contributed by atoms with Crippen LogP contribution in [0.2, 0.25) is 0 Å². The molecule has 4 heteroatoms. The van der Waals surface area contributed by atoms with Crippen LogP contribution in [0.25, 0.3) is 0 Å². The summed E-state index contributed by atoms with van der Waals surface area (Å²) in [5.74, 6) is -1.27. The molecule has 0 spiro atoms. The Bertz CT molecular complexity index is 272. The van der Waals surface area contributed by atoms with E-state index < -0.39 is 17.9 Å². The van der Waals surface area contributed by atoms with E-state index in [1.54, 1.807) is 6.92 Å². The maximum absolute atomic E-state index is 11.5. The normalized spacial score (nSPS) is 27.3. The Morgan fingerprint density at radius 3 is 2.31 bits per heavy atom. The van der Waals surface area contributed by atoms with Gasteiger partial charge in [-0.2, -0.15) is 0 Å². The van der Waals surface area contributed by atoms with Gasteiger partial charge in [0.25, 0.3) is 0 Å². The van der Waals surface area contributed by atoms with Crippen LogP contribution in [-0.2, 0) is 19.1 Å². The summed E-state index contributed by atoms with van der Waals surface area (Å²) in [4.78, 5) is 22.8. The van der Waals surface area contributed by atoms with Crippen LogP contribution in [0.3, 0.4) is 0 Å².